The molecule has 4 nitrogen and oxygen atoms in total. The summed E-state index contributed by atoms with van der Waals surface area (Å²) in [4.78, 5) is 24.7. The average Bonchev–Trinajstić information content (AvgIpc) is 2.74. The van der Waals surface area contributed by atoms with E-state index in [1.165, 1.54) is 18.2 Å². The van der Waals surface area contributed by atoms with E-state index >= 15 is 0 Å². The molecule has 0 amide bonds. The summed E-state index contributed by atoms with van der Waals surface area (Å²) in [5.74, 6) is 0.427. The quantitative estimate of drug-likeness (QED) is 0.319. The summed E-state index contributed by atoms with van der Waals surface area (Å²) >= 11 is 0. The summed E-state index contributed by atoms with van der Waals surface area (Å²) in [6.45, 7) is 2.39. The van der Waals surface area contributed by atoms with Crippen molar-refractivity contribution in [3.05, 3.63) is 88.6 Å². The number of unbranched alkanes of at least 4 members (excludes halogenated alkanes) is 1. The standard InChI is InChI=1S/C24H22O4/c1-2-3-16-27-23(26)15-14-20-21(25)17-22(18-10-6-4-7-11-18)28-24(20)19-12-8-5-9-13-19/h4-15,17H,2-3,16H2,1H3/b15-14+. The fraction of sp³-hybridized carbons (Fsp3) is 0.167. The summed E-state index contributed by atoms with van der Waals surface area (Å²) in [5, 5.41) is 0. The summed E-state index contributed by atoms with van der Waals surface area (Å²) in [5.41, 5.74) is 1.67. The van der Waals surface area contributed by atoms with Crippen LogP contribution < -0.4 is 5.43 Å². The number of hydrogen-bond donors (Lipinski definition) is 0. The third kappa shape index (κ3) is 4.86. The maximum atomic E-state index is 12.8. The molecule has 0 aliphatic heterocycles. The molecule has 0 N–H and O–H groups in total. The highest BCUT2D eigenvalue weighted by Crippen LogP contribution is 2.28. The van der Waals surface area contributed by atoms with Crippen molar-refractivity contribution >= 4 is 12.0 Å². The summed E-state index contributed by atoms with van der Waals surface area (Å²) in [6, 6.07) is 20.3. The van der Waals surface area contributed by atoms with E-state index in [1.807, 2.05) is 67.6 Å². The van der Waals surface area contributed by atoms with E-state index in [-0.39, 0.29) is 5.43 Å². The van der Waals surface area contributed by atoms with Crippen molar-refractivity contribution in [2.24, 2.45) is 0 Å². The Morgan fingerprint density at radius 3 is 2.29 bits per heavy atom. The summed E-state index contributed by atoms with van der Waals surface area (Å²) in [6.07, 6.45) is 4.50. The van der Waals surface area contributed by atoms with Crippen LogP contribution in [0.2, 0.25) is 0 Å². The predicted molar refractivity (Wildman–Crippen MR) is 111 cm³/mol. The van der Waals surface area contributed by atoms with Gasteiger partial charge in [0.25, 0.3) is 0 Å². The van der Waals surface area contributed by atoms with Crippen LogP contribution in [0, 0.1) is 0 Å². The van der Waals surface area contributed by atoms with Crippen molar-refractivity contribution in [1.29, 1.82) is 0 Å². The molecule has 0 aliphatic rings. The van der Waals surface area contributed by atoms with Gasteiger partial charge in [-0.2, -0.15) is 0 Å². The van der Waals surface area contributed by atoms with E-state index in [2.05, 4.69) is 0 Å². The van der Waals surface area contributed by atoms with Gasteiger partial charge in [-0.3, -0.25) is 4.79 Å². The van der Waals surface area contributed by atoms with Crippen LogP contribution >= 0.6 is 0 Å². The van der Waals surface area contributed by atoms with E-state index < -0.39 is 5.97 Å². The fourth-order valence-corrected chi connectivity index (χ4v) is 2.73. The first-order chi connectivity index (χ1) is 13.7. The maximum absolute atomic E-state index is 12.8. The molecule has 0 fully saturated rings. The van der Waals surface area contributed by atoms with Crippen molar-refractivity contribution in [2.45, 2.75) is 19.8 Å². The second-order valence-electron chi connectivity index (χ2n) is 6.30. The SMILES string of the molecule is CCCCOC(=O)/C=C/c1c(-c2ccccc2)oc(-c2ccccc2)cc1=O. The lowest BCUT2D eigenvalue weighted by Gasteiger charge is -2.09. The summed E-state index contributed by atoms with van der Waals surface area (Å²) < 4.78 is 11.2. The highest BCUT2D eigenvalue weighted by molar-refractivity contribution is 5.88. The van der Waals surface area contributed by atoms with Gasteiger partial charge in [-0.1, -0.05) is 74.0 Å². The second kappa shape index (κ2) is 9.51. The van der Waals surface area contributed by atoms with Gasteiger partial charge >= 0.3 is 5.97 Å². The van der Waals surface area contributed by atoms with E-state index in [1.54, 1.807) is 0 Å². The van der Waals surface area contributed by atoms with E-state index in [0.29, 0.717) is 23.7 Å². The minimum Gasteiger partial charge on any atom is -0.463 e. The molecule has 0 saturated carbocycles. The van der Waals surface area contributed by atoms with Crippen molar-refractivity contribution in [3.8, 4) is 22.6 Å². The van der Waals surface area contributed by atoms with E-state index in [4.69, 9.17) is 9.15 Å². The van der Waals surface area contributed by atoms with Gasteiger partial charge < -0.3 is 9.15 Å². The third-order valence-electron chi connectivity index (χ3n) is 4.21. The molecular formula is C24H22O4. The molecule has 3 rings (SSSR count). The number of hydrogen-bond acceptors (Lipinski definition) is 4. The smallest absolute Gasteiger partial charge is 0.330 e. The van der Waals surface area contributed by atoms with Crippen LogP contribution in [0.5, 0.6) is 0 Å². The molecule has 3 aromatic rings. The molecule has 2 aromatic carbocycles. The first-order valence-corrected chi connectivity index (χ1v) is 9.33. The van der Waals surface area contributed by atoms with Crippen molar-refractivity contribution in [1.82, 2.24) is 0 Å². The molecule has 0 radical (unpaired) electrons. The lowest BCUT2D eigenvalue weighted by Crippen LogP contribution is -2.07. The molecule has 28 heavy (non-hydrogen) atoms. The Hall–Kier alpha value is -3.40. The van der Waals surface area contributed by atoms with Crippen LogP contribution in [0.1, 0.15) is 25.3 Å². The molecule has 1 heterocycles. The molecule has 0 bridgehead atoms. The lowest BCUT2D eigenvalue weighted by molar-refractivity contribution is -0.137. The number of esters is 1. The molecule has 0 aliphatic carbocycles. The molecular weight excluding hydrogens is 352 g/mol. The second-order valence-corrected chi connectivity index (χ2v) is 6.30. The number of rotatable bonds is 7. The molecule has 0 unspecified atom stereocenters. The third-order valence-corrected chi connectivity index (χ3v) is 4.21. The number of ether oxygens (including phenoxy) is 1. The van der Waals surface area contributed by atoms with Crippen molar-refractivity contribution < 1.29 is 13.9 Å². The van der Waals surface area contributed by atoms with Crippen molar-refractivity contribution in [3.63, 3.8) is 0 Å². The number of carbonyl (C=O) groups is 1. The molecule has 0 atom stereocenters. The van der Waals surface area contributed by atoms with Crippen LogP contribution in [0.4, 0.5) is 0 Å². The topological polar surface area (TPSA) is 56.5 Å². The van der Waals surface area contributed by atoms with Crippen LogP contribution in [0.3, 0.4) is 0 Å². The Bertz CT molecular complexity index is 1000. The molecule has 142 valence electrons. The highest BCUT2D eigenvalue weighted by Gasteiger charge is 2.14. The number of carbonyl (C=O) groups excluding carboxylic acids is 1. The zero-order chi connectivity index (χ0) is 19.8. The zero-order valence-electron chi connectivity index (χ0n) is 15.8. The molecule has 4 heteroatoms. The van der Waals surface area contributed by atoms with E-state index in [0.717, 1.165) is 24.0 Å². The van der Waals surface area contributed by atoms with Gasteiger partial charge in [-0.05, 0) is 12.5 Å². The van der Waals surface area contributed by atoms with Crippen LogP contribution in [-0.4, -0.2) is 12.6 Å². The van der Waals surface area contributed by atoms with E-state index in [9.17, 15) is 9.59 Å². The monoisotopic (exact) mass is 374 g/mol. The minimum atomic E-state index is -0.473. The van der Waals surface area contributed by atoms with Crippen LogP contribution in [0.25, 0.3) is 28.7 Å². The van der Waals surface area contributed by atoms with Crippen LogP contribution in [-0.2, 0) is 9.53 Å². The Labute approximate surface area is 164 Å². The highest BCUT2D eigenvalue weighted by atomic mass is 16.5. The maximum Gasteiger partial charge on any atom is 0.330 e. The molecule has 0 saturated heterocycles. The first kappa shape index (κ1) is 19.4. The van der Waals surface area contributed by atoms with Crippen molar-refractivity contribution in [2.75, 3.05) is 6.61 Å². The first-order valence-electron chi connectivity index (χ1n) is 9.33. The fourth-order valence-electron chi connectivity index (χ4n) is 2.73. The van der Waals surface area contributed by atoms with Gasteiger partial charge in [0.05, 0.1) is 12.2 Å². The largest absolute Gasteiger partial charge is 0.463 e. The Morgan fingerprint density at radius 2 is 1.64 bits per heavy atom. The van der Waals surface area contributed by atoms with Gasteiger partial charge in [0.1, 0.15) is 11.5 Å². The normalized spacial score (nSPS) is 10.9. The summed E-state index contributed by atoms with van der Waals surface area (Å²) in [7, 11) is 0. The Balaban J connectivity index is 2.02. The van der Waals surface area contributed by atoms with Gasteiger partial charge in [0, 0.05) is 23.3 Å². The number of benzene rings is 2. The van der Waals surface area contributed by atoms with Crippen LogP contribution in [0.15, 0.2) is 82.0 Å². The molecule has 0 spiro atoms. The average molecular weight is 374 g/mol. The predicted octanol–water partition coefficient (Wildman–Crippen LogP) is 5.33. The van der Waals surface area contributed by atoms with Gasteiger partial charge in [0.15, 0.2) is 5.43 Å². The molecule has 1 aromatic heterocycles. The lowest BCUT2D eigenvalue weighted by atomic mass is 10.0. The minimum absolute atomic E-state index is 0.221. The van der Waals surface area contributed by atoms with Gasteiger partial charge in [0.2, 0.25) is 0 Å². The van der Waals surface area contributed by atoms with Gasteiger partial charge in [-0.25, -0.2) is 4.79 Å². The van der Waals surface area contributed by atoms with Gasteiger partial charge in [-0.15, -0.1) is 0 Å². The Morgan fingerprint density at radius 1 is 1.00 bits per heavy atom. The zero-order valence-corrected chi connectivity index (χ0v) is 15.8. The Kier molecular flexibility index (Phi) is 6.58.